The second-order valence-electron chi connectivity index (χ2n) is 6.56. The lowest BCUT2D eigenvalue weighted by Crippen LogP contribution is -2.46. The third kappa shape index (κ3) is 3.64. The topological polar surface area (TPSA) is 42.4 Å². The molecule has 2 unspecified atom stereocenters. The van der Waals surface area contributed by atoms with E-state index in [1.54, 1.807) is 6.26 Å². The highest BCUT2D eigenvalue weighted by Gasteiger charge is 2.34. The van der Waals surface area contributed by atoms with Crippen molar-refractivity contribution >= 4 is 0 Å². The minimum absolute atomic E-state index is 0.139. The Balaban J connectivity index is 2.24. The molecular formula is C17H30N2O. The molecule has 0 radical (unpaired) electrons. The van der Waals surface area contributed by atoms with Gasteiger partial charge in [-0.1, -0.05) is 33.6 Å². The molecule has 2 atom stereocenters. The van der Waals surface area contributed by atoms with Crippen molar-refractivity contribution in [3.05, 3.63) is 24.2 Å². The Bertz CT molecular complexity index is 368. The molecule has 114 valence electrons. The van der Waals surface area contributed by atoms with Crippen molar-refractivity contribution in [1.82, 2.24) is 4.90 Å². The molecular weight excluding hydrogens is 248 g/mol. The monoisotopic (exact) mass is 278 g/mol. The van der Waals surface area contributed by atoms with Crippen LogP contribution < -0.4 is 5.73 Å². The van der Waals surface area contributed by atoms with Crippen LogP contribution >= 0.6 is 0 Å². The average molecular weight is 278 g/mol. The summed E-state index contributed by atoms with van der Waals surface area (Å²) in [4.78, 5) is 2.63. The lowest BCUT2D eigenvalue weighted by molar-refractivity contribution is 0.0849. The minimum Gasteiger partial charge on any atom is -0.468 e. The fraction of sp³-hybridized carbons (Fsp3) is 0.765. The van der Waals surface area contributed by atoms with Gasteiger partial charge in [-0.25, -0.2) is 0 Å². The molecule has 0 spiro atoms. The van der Waals surface area contributed by atoms with Gasteiger partial charge >= 0.3 is 0 Å². The zero-order valence-electron chi connectivity index (χ0n) is 13.2. The highest BCUT2D eigenvalue weighted by atomic mass is 16.3. The molecule has 0 bridgehead atoms. The van der Waals surface area contributed by atoms with Gasteiger partial charge in [0.1, 0.15) is 5.76 Å². The van der Waals surface area contributed by atoms with Gasteiger partial charge in [-0.05, 0) is 37.3 Å². The standard InChI is InChI=1S/C17H30N2O/c1-4-15(18)17(16-10-7-11-20-16)19(12-13(2)3)14-8-5-6-9-14/h7,10-11,13-15,17H,4-6,8-9,12,18H2,1-3H3. The average Bonchev–Trinajstić information content (AvgIpc) is 3.10. The Morgan fingerprint density at radius 1 is 1.35 bits per heavy atom. The molecule has 1 aromatic heterocycles. The van der Waals surface area contributed by atoms with Crippen LogP contribution in [-0.2, 0) is 0 Å². The summed E-state index contributed by atoms with van der Waals surface area (Å²) >= 11 is 0. The van der Waals surface area contributed by atoms with Gasteiger partial charge in [0.2, 0.25) is 0 Å². The fourth-order valence-corrected chi connectivity index (χ4v) is 3.45. The minimum atomic E-state index is 0.139. The lowest BCUT2D eigenvalue weighted by Gasteiger charge is -2.39. The summed E-state index contributed by atoms with van der Waals surface area (Å²) in [5, 5.41) is 0. The molecule has 0 aromatic carbocycles. The van der Waals surface area contributed by atoms with Crippen LogP contribution in [-0.4, -0.2) is 23.5 Å². The van der Waals surface area contributed by atoms with Crippen molar-refractivity contribution in [2.75, 3.05) is 6.54 Å². The van der Waals surface area contributed by atoms with Gasteiger partial charge in [-0.15, -0.1) is 0 Å². The maximum absolute atomic E-state index is 6.45. The van der Waals surface area contributed by atoms with Gasteiger partial charge < -0.3 is 10.2 Å². The van der Waals surface area contributed by atoms with Crippen molar-refractivity contribution < 1.29 is 4.42 Å². The van der Waals surface area contributed by atoms with Crippen molar-refractivity contribution in [3.63, 3.8) is 0 Å². The van der Waals surface area contributed by atoms with Crippen LogP contribution in [0.15, 0.2) is 22.8 Å². The maximum atomic E-state index is 6.45. The zero-order valence-corrected chi connectivity index (χ0v) is 13.2. The molecule has 1 aliphatic rings. The zero-order chi connectivity index (χ0) is 14.5. The normalized spacial score (nSPS) is 19.9. The summed E-state index contributed by atoms with van der Waals surface area (Å²) in [5.41, 5.74) is 6.45. The molecule has 3 nitrogen and oxygen atoms in total. The smallest absolute Gasteiger partial charge is 0.122 e. The van der Waals surface area contributed by atoms with Gasteiger partial charge in [-0.2, -0.15) is 0 Å². The molecule has 1 fully saturated rings. The van der Waals surface area contributed by atoms with E-state index in [2.05, 4.69) is 31.7 Å². The Kier molecular flexibility index (Phi) is 5.67. The lowest BCUT2D eigenvalue weighted by atomic mass is 9.98. The Morgan fingerprint density at radius 3 is 2.55 bits per heavy atom. The first kappa shape index (κ1) is 15.6. The summed E-state index contributed by atoms with van der Waals surface area (Å²) in [6, 6.07) is 5.10. The third-order valence-corrected chi connectivity index (χ3v) is 4.44. The molecule has 2 rings (SSSR count). The van der Waals surface area contributed by atoms with Gasteiger partial charge in [0.15, 0.2) is 0 Å². The van der Waals surface area contributed by atoms with E-state index in [0.717, 1.165) is 18.7 Å². The molecule has 0 aliphatic heterocycles. The number of nitrogens with zero attached hydrogens (tertiary/aromatic N) is 1. The van der Waals surface area contributed by atoms with E-state index >= 15 is 0 Å². The van der Waals surface area contributed by atoms with E-state index in [4.69, 9.17) is 10.2 Å². The SMILES string of the molecule is CCC(N)C(c1ccco1)N(CC(C)C)C1CCCC1. The summed E-state index contributed by atoms with van der Waals surface area (Å²) in [7, 11) is 0. The van der Waals surface area contributed by atoms with Crippen molar-refractivity contribution in [2.45, 2.75) is 71.0 Å². The molecule has 0 amide bonds. The van der Waals surface area contributed by atoms with E-state index in [0.29, 0.717) is 12.0 Å². The number of rotatable bonds is 7. The second kappa shape index (κ2) is 7.28. The van der Waals surface area contributed by atoms with E-state index < -0.39 is 0 Å². The van der Waals surface area contributed by atoms with Gasteiger partial charge in [0, 0.05) is 18.6 Å². The summed E-state index contributed by atoms with van der Waals surface area (Å²) in [5.74, 6) is 1.68. The second-order valence-corrected chi connectivity index (χ2v) is 6.56. The highest BCUT2D eigenvalue weighted by molar-refractivity contribution is 5.09. The molecule has 3 heteroatoms. The Hall–Kier alpha value is -0.800. The van der Waals surface area contributed by atoms with Crippen LogP contribution in [0.5, 0.6) is 0 Å². The first-order valence-electron chi connectivity index (χ1n) is 8.18. The quantitative estimate of drug-likeness (QED) is 0.821. The molecule has 1 saturated carbocycles. The van der Waals surface area contributed by atoms with Gasteiger partial charge in [0.05, 0.1) is 12.3 Å². The highest BCUT2D eigenvalue weighted by Crippen LogP contribution is 2.34. The summed E-state index contributed by atoms with van der Waals surface area (Å²) < 4.78 is 5.72. The Labute approximate surface area is 123 Å². The van der Waals surface area contributed by atoms with E-state index in [1.807, 2.05) is 6.07 Å². The van der Waals surface area contributed by atoms with Crippen molar-refractivity contribution in [3.8, 4) is 0 Å². The van der Waals surface area contributed by atoms with Gasteiger partial charge in [-0.3, -0.25) is 4.90 Å². The van der Waals surface area contributed by atoms with Crippen LogP contribution in [0.2, 0.25) is 0 Å². The molecule has 20 heavy (non-hydrogen) atoms. The van der Waals surface area contributed by atoms with Crippen LogP contribution in [0.1, 0.15) is 64.7 Å². The van der Waals surface area contributed by atoms with Crippen LogP contribution in [0.4, 0.5) is 0 Å². The van der Waals surface area contributed by atoms with E-state index in [-0.39, 0.29) is 12.1 Å². The molecule has 1 heterocycles. The number of furan rings is 1. The van der Waals surface area contributed by atoms with Crippen LogP contribution in [0, 0.1) is 5.92 Å². The molecule has 2 N–H and O–H groups in total. The number of nitrogens with two attached hydrogens (primary N) is 1. The summed E-state index contributed by atoms with van der Waals surface area (Å²) in [6.45, 7) is 7.85. The predicted molar refractivity (Wildman–Crippen MR) is 83.5 cm³/mol. The van der Waals surface area contributed by atoms with Crippen molar-refractivity contribution in [1.29, 1.82) is 0 Å². The van der Waals surface area contributed by atoms with E-state index in [9.17, 15) is 0 Å². The van der Waals surface area contributed by atoms with E-state index in [1.165, 1.54) is 25.7 Å². The fourth-order valence-electron chi connectivity index (χ4n) is 3.45. The van der Waals surface area contributed by atoms with Crippen molar-refractivity contribution in [2.24, 2.45) is 11.7 Å². The predicted octanol–water partition coefficient (Wildman–Crippen LogP) is 3.96. The van der Waals surface area contributed by atoms with Crippen LogP contribution in [0.3, 0.4) is 0 Å². The Morgan fingerprint density at radius 2 is 2.05 bits per heavy atom. The first-order chi connectivity index (χ1) is 9.63. The molecule has 1 aliphatic carbocycles. The molecule has 1 aromatic rings. The first-order valence-corrected chi connectivity index (χ1v) is 8.18. The maximum Gasteiger partial charge on any atom is 0.122 e. The van der Waals surface area contributed by atoms with Gasteiger partial charge in [0.25, 0.3) is 0 Å². The third-order valence-electron chi connectivity index (χ3n) is 4.44. The molecule has 0 saturated heterocycles. The largest absolute Gasteiger partial charge is 0.468 e. The van der Waals surface area contributed by atoms with Crippen LogP contribution in [0.25, 0.3) is 0 Å². The number of hydrogen-bond donors (Lipinski definition) is 1. The summed E-state index contributed by atoms with van der Waals surface area (Å²) in [6.07, 6.45) is 8.07. The number of hydrogen-bond acceptors (Lipinski definition) is 3.